The lowest BCUT2D eigenvalue weighted by atomic mass is 9.88. The zero-order valence-corrected chi connectivity index (χ0v) is 12.3. The lowest BCUT2D eigenvalue weighted by Crippen LogP contribution is -2.60. The van der Waals surface area contributed by atoms with E-state index in [9.17, 15) is 0 Å². The number of likely N-dealkylation sites (N-methyl/N-ethyl adjacent to an activating group) is 1. The van der Waals surface area contributed by atoms with Gasteiger partial charge in [-0.1, -0.05) is 13.8 Å². The van der Waals surface area contributed by atoms with Gasteiger partial charge in [-0.15, -0.1) is 0 Å². The first-order valence-corrected chi connectivity index (χ1v) is 6.64. The van der Waals surface area contributed by atoms with Gasteiger partial charge in [-0.3, -0.25) is 20.9 Å². The van der Waals surface area contributed by atoms with Crippen molar-refractivity contribution in [3.8, 4) is 0 Å². The Morgan fingerprint density at radius 1 is 1.44 bits per heavy atom. The monoisotopic (exact) mass is 253 g/mol. The number of hydrogen-bond acceptors (Lipinski definition) is 4. The second kappa shape index (κ2) is 6.31. The molecule has 0 amide bonds. The van der Waals surface area contributed by atoms with Crippen molar-refractivity contribution in [2.24, 2.45) is 12.9 Å². The Labute approximate surface area is 110 Å². The van der Waals surface area contributed by atoms with Crippen molar-refractivity contribution in [2.45, 2.75) is 45.7 Å². The van der Waals surface area contributed by atoms with E-state index in [1.165, 1.54) is 5.56 Å². The number of hydrazine groups is 1. The molecule has 0 spiro atoms. The number of hydrogen-bond donors (Lipinski definition) is 2. The van der Waals surface area contributed by atoms with Crippen LogP contribution >= 0.6 is 0 Å². The smallest absolute Gasteiger partial charge is 0.0522 e. The molecule has 5 heteroatoms. The van der Waals surface area contributed by atoms with Gasteiger partial charge in [0.05, 0.1) is 6.20 Å². The van der Waals surface area contributed by atoms with E-state index in [0.717, 1.165) is 19.5 Å². The van der Waals surface area contributed by atoms with Crippen molar-refractivity contribution < 1.29 is 0 Å². The average molecular weight is 253 g/mol. The molecule has 0 bridgehead atoms. The molecule has 1 rings (SSSR count). The van der Waals surface area contributed by atoms with E-state index in [-0.39, 0.29) is 11.6 Å². The summed E-state index contributed by atoms with van der Waals surface area (Å²) in [4.78, 5) is 2.42. The molecule has 0 aliphatic rings. The molecule has 1 heterocycles. The molecule has 0 aromatic carbocycles. The molecular weight excluding hydrogens is 226 g/mol. The summed E-state index contributed by atoms with van der Waals surface area (Å²) in [5.41, 5.74) is 4.19. The number of aromatic nitrogens is 2. The Morgan fingerprint density at radius 2 is 2.06 bits per heavy atom. The Bertz CT molecular complexity index is 354. The Balaban J connectivity index is 2.81. The van der Waals surface area contributed by atoms with Crippen molar-refractivity contribution in [3.05, 3.63) is 18.0 Å². The van der Waals surface area contributed by atoms with Gasteiger partial charge in [0.2, 0.25) is 0 Å². The average Bonchev–Trinajstić information content (AvgIpc) is 2.72. The van der Waals surface area contributed by atoms with Gasteiger partial charge < -0.3 is 0 Å². The van der Waals surface area contributed by atoms with E-state index in [1.54, 1.807) is 0 Å². The summed E-state index contributed by atoms with van der Waals surface area (Å²) in [6, 6.07) is 0.196. The standard InChI is InChI=1S/C13H27N5/c1-6-18(7-2)13(3,4)12(16-14)8-11-9-15-17(5)10-11/h9-10,12,16H,6-8,14H2,1-5H3. The molecule has 0 fully saturated rings. The predicted molar refractivity (Wildman–Crippen MR) is 75.0 cm³/mol. The molecule has 0 aliphatic heterocycles. The van der Waals surface area contributed by atoms with E-state index in [0.29, 0.717) is 0 Å². The minimum atomic E-state index is 0.00803. The molecule has 0 saturated carbocycles. The molecule has 104 valence electrons. The van der Waals surface area contributed by atoms with Gasteiger partial charge >= 0.3 is 0 Å². The van der Waals surface area contributed by atoms with Crippen LogP contribution in [0.2, 0.25) is 0 Å². The van der Waals surface area contributed by atoms with Crippen molar-refractivity contribution in [1.82, 2.24) is 20.1 Å². The van der Waals surface area contributed by atoms with Gasteiger partial charge in [0.15, 0.2) is 0 Å². The summed E-state index contributed by atoms with van der Waals surface area (Å²) in [5.74, 6) is 5.76. The highest BCUT2D eigenvalue weighted by atomic mass is 15.3. The largest absolute Gasteiger partial charge is 0.297 e. The van der Waals surface area contributed by atoms with Crippen LogP contribution in [0.1, 0.15) is 33.3 Å². The van der Waals surface area contributed by atoms with Crippen LogP contribution < -0.4 is 11.3 Å². The van der Waals surface area contributed by atoms with Crippen molar-refractivity contribution in [2.75, 3.05) is 13.1 Å². The van der Waals surface area contributed by atoms with Gasteiger partial charge in [0.25, 0.3) is 0 Å². The summed E-state index contributed by atoms with van der Waals surface area (Å²) in [6.07, 6.45) is 4.83. The van der Waals surface area contributed by atoms with Crippen LogP contribution in [0.15, 0.2) is 12.4 Å². The zero-order valence-electron chi connectivity index (χ0n) is 12.3. The maximum Gasteiger partial charge on any atom is 0.0522 e. The van der Waals surface area contributed by atoms with Crippen molar-refractivity contribution in [1.29, 1.82) is 0 Å². The number of nitrogens with one attached hydrogen (secondary N) is 1. The molecule has 0 saturated heterocycles. The van der Waals surface area contributed by atoms with E-state index >= 15 is 0 Å². The second-order valence-electron chi connectivity index (χ2n) is 5.27. The van der Waals surface area contributed by atoms with Crippen LogP contribution in [0.25, 0.3) is 0 Å². The zero-order chi connectivity index (χ0) is 13.8. The highest BCUT2D eigenvalue weighted by Crippen LogP contribution is 2.21. The SMILES string of the molecule is CCN(CC)C(C)(C)C(Cc1cnn(C)c1)NN. The van der Waals surface area contributed by atoms with Crippen LogP contribution in [0.3, 0.4) is 0 Å². The molecule has 5 nitrogen and oxygen atoms in total. The highest BCUT2D eigenvalue weighted by Gasteiger charge is 2.33. The Kier molecular flexibility index (Phi) is 5.31. The van der Waals surface area contributed by atoms with Crippen LogP contribution in [-0.4, -0.2) is 39.4 Å². The number of nitrogens with two attached hydrogens (primary N) is 1. The van der Waals surface area contributed by atoms with Crippen LogP contribution in [0.4, 0.5) is 0 Å². The van der Waals surface area contributed by atoms with Gasteiger partial charge in [-0.2, -0.15) is 5.10 Å². The molecule has 1 unspecified atom stereocenters. The molecule has 1 atom stereocenters. The quantitative estimate of drug-likeness (QED) is 0.560. The van der Waals surface area contributed by atoms with Gasteiger partial charge in [0, 0.05) is 24.8 Å². The molecule has 0 aliphatic carbocycles. The molecular formula is C13H27N5. The molecule has 18 heavy (non-hydrogen) atoms. The summed E-state index contributed by atoms with van der Waals surface area (Å²) >= 11 is 0. The highest BCUT2D eigenvalue weighted by molar-refractivity contribution is 5.09. The summed E-state index contributed by atoms with van der Waals surface area (Å²) in [7, 11) is 1.93. The first kappa shape index (κ1) is 15.1. The van der Waals surface area contributed by atoms with Gasteiger partial charge in [-0.05, 0) is 38.9 Å². The molecule has 1 aromatic heterocycles. The summed E-state index contributed by atoms with van der Waals surface area (Å²) in [5, 5.41) is 4.21. The van der Waals surface area contributed by atoms with Crippen LogP contribution in [-0.2, 0) is 13.5 Å². The maximum absolute atomic E-state index is 5.76. The molecule has 1 aromatic rings. The molecule has 3 N–H and O–H groups in total. The third-order valence-electron chi connectivity index (χ3n) is 3.83. The minimum Gasteiger partial charge on any atom is -0.297 e. The Morgan fingerprint density at radius 3 is 2.44 bits per heavy atom. The van der Waals surface area contributed by atoms with Crippen molar-refractivity contribution >= 4 is 0 Å². The number of aryl methyl sites for hydroxylation is 1. The predicted octanol–water partition coefficient (Wildman–Crippen LogP) is 0.915. The minimum absolute atomic E-state index is 0.00803. The lowest BCUT2D eigenvalue weighted by molar-refractivity contribution is 0.0912. The first-order chi connectivity index (χ1) is 8.45. The summed E-state index contributed by atoms with van der Waals surface area (Å²) in [6.45, 7) is 10.9. The van der Waals surface area contributed by atoms with Crippen LogP contribution in [0.5, 0.6) is 0 Å². The first-order valence-electron chi connectivity index (χ1n) is 6.64. The third kappa shape index (κ3) is 3.31. The van der Waals surface area contributed by atoms with E-state index < -0.39 is 0 Å². The topological polar surface area (TPSA) is 59.1 Å². The maximum atomic E-state index is 5.76. The lowest BCUT2D eigenvalue weighted by Gasteiger charge is -2.43. The van der Waals surface area contributed by atoms with Crippen molar-refractivity contribution in [3.63, 3.8) is 0 Å². The van der Waals surface area contributed by atoms with Gasteiger partial charge in [-0.25, -0.2) is 0 Å². The number of nitrogens with zero attached hydrogens (tertiary/aromatic N) is 3. The third-order valence-corrected chi connectivity index (χ3v) is 3.83. The van der Waals surface area contributed by atoms with Crippen LogP contribution in [0, 0.1) is 0 Å². The van der Waals surface area contributed by atoms with E-state index in [1.807, 2.05) is 24.1 Å². The fraction of sp³-hybridized carbons (Fsp3) is 0.769. The number of rotatable bonds is 7. The van der Waals surface area contributed by atoms with E-state index in [2.05, 4.69) is 43.1 Å². The summed E-state index contributed by atoms with van der Waals surface area (Å²) < 4.78 is 1.83. The fourth-order valence-corrected chi connectivity index (χ4v) is 2.58. The Hall–Kier alpha value is -0.910. The van der Waals surface area contributed by atoms with E-state index in [4.69, 9.17) is 5.84 Å². The fourth-order valence-electron chi connectivity index (χ4n) is 2.58. The normalized spacial score (nSPS) is 14.2. The molecule has 0 radical (unpaired) electrons. The second-order valence-corrected chi connectivity index (χ2v) is 5.27. The van der Waals surface area contributed by atoms with Gasteiger partial charge in [0.1, 0.15) is 0 Å².